The number of allylic oxidation sites excluding steroid dienone is 4. The van der Waals surface area contributed by atoms with Gasteiger partial charge in [0.05, 0.1) is 32.8 Å². The van der Waals surface area contributed by atoms with Gasteiger partial charge in [-0.15, -0.1) is 0 Å². The molecule has 0 spiro atoms. The molecule has 0 radical (unpaired) electrons. The average molecular weight is 1370 g/mol. The zero-order valence-corrected chi connectivity index (χ0v) is 58.3. The lowest BCUT2D eigenvalue weighted by atomic mass is 10.1. The first kappa shape index (κ1) is 89.0. The summed E-state index contributed by atoms with van der Waals surface area (Å²) < 4.78 is 34.2. The van der Waals surface area contributed by atoms with Crippen molar-refractivity contribution in [1.82, 2.24) is 20.4 Å². The molecule has 26 heteroatoms. The molecule has 0 heterocycles. The van der Waals surface area contributed by atoms with Crippen LogP contribution in [0.4, 0.5) is 0 Å². The third-order valence-electron chi connectivity index (χ3n) is 15.3. The van der Waals surface area contributed by atoms with Crippen molar-refractivity contribution in [2.75, 3.05) is 65.6 Å². The SMILES string of the molecule is CCCCCCCC/C=C/CCCCCCCC(=O)OCC(COP(=O)(O)OCCCC(=O)CCCCC(=O)NCC(=O)CCC(=O)N(CC(=O)O)CC(=O)NCC(=O)CCC(=O)N(CC(=O)O)CC(=O)CCCN)OC(=O)CCCCCCC/C=C/CCCCCCCC. The molecular formula is C69H118N5O20P. The molecule has 0 aromatic heterocycles. The summed E-state index contributed by atoms with van der Waals surface area (Å²) in [6.45, 7) is -0.656. The van der Waals surface area contributed by atoms with Crippen molar-refractivity contribution in [2.45, 2.75) is 277 Å². The van der Waals surface area contributed by atoms with Crippen LogP contribution in [0.5, 0.6) is 0 Å². The van der Waals surface area contributed by atoms with Gasteiger partial charge in [-0.1, -0.05) is 141 Å². The Bertz CT molecular complexity index is 2330. The van der Waals surface area contributed by atoms with E-state index in [9.17, 15) is 72.1 Å². The van der Waals surface area contributed by atoms with E-state index < -0.39 is 150 Å². The maximum atomic E-state index is 12.9. The van der Waals surface area contributed by atoms with Crippen LogP contribution in [0.3, 0.4) is 0 Å². The number of nitrogens with two attached hydrogens (primary N) is 1. The fourth-order valence-electron chi connectivity index (χ4n) is 9.78. The summed E-state index contributed by atoms with van der Waals surface area (Å²) in [5, 5.41) is 23.1. The van der Waals surface area contributed by atoms with Gasteiger partial charge in [-0.05, 0) is 96.4 Å². The van der Waals surface area contributed by atoms with Gasteiger partial charge in [-0.2, -0.15) is 0 Å². The molecule has 0 saturated heterocycles. The van der Waals surface area contributed by atoms with E-state index in [1.165, 1.54) is 77.0 Å². The molecule has 95 heavy (non-hydrogen) atoms. The number of hydrogen-bond acceptors (Lipinski definition) is 18. The number of ether oxygens (including phenoxy) is 2. The normalized spacial score (nSPS) is 12.3. The first-order valence-electron chi connectivity index (χ1n) is 35.2. The lowest BCUT2D eigenvalue weighted by molar-refractivity contribution is -0.161. The van der Waals surface area contributed by atoms with E-state index in [1.54, 1.807) is 0 Å². The van der Waals surface area contributed by atoms with Gasteiger partial charge in [0.2, 0.25) is 23.6 Å². The number of carboxylic acid groups (broad SMARTS) is 2. The maximum Gasteiger partial charge on any atom is 0.472 e. The highest BCUT2D eigenvalue weighted by Gasteiger charge is 2.27. The fourth-order valence-corrected chi connectivity index (χ4v) is 10.6. The van der Waals surface area contributed by atoms with Crippen molar-refractivity contribution >= 4 is 78.5 Å². The second kappa shape index (κ2) is 60.4. The summed E-state index contributed by atoms with van der Waals surface area (Å²) in [5.74, 6) is -8.83. The molecule has 0 fully saturated rings. The first-order valence-corrected chi connectivity index (χ1v) is 36.7. The van der Waals surface area contributed by atoms with Crippen molar-refractivity contribution in [3.8, 4) is 0 Å². The Morgan fingerprint density at radius 1 is 0.421 bits per heavy atom. The summed E-state index contributed by atoms with van der Waals surface area (Å²) in [7, 11) is -4.70. The molecule has 0 saturated carbocycles. The van der Waals surface area contributed by atoms with E-state index in [2.05, 4.69) is 48.8 Å². The Morgan fingerprint density at radius 3 is 1.32 bits per heavy atom. The lowest BCUT2D eigenvalue weighted by Crippen LogP contribution is -2.44. The average Bonchev–Trinajstić information content (AvgIpc) is 2.34. The number of ketones is 4. The zero-order chi connectivity index (χ0) is 70.6. The van der Waals surface area contributed by atoms with Crippen LogP contribution in [-0.4, -0.2) is 167 Å². The number of nitrogens with one attached hydrogen (secondary N) is 2. The third kappa shape index (κ3) is 57.9. The number of unbranched alkanes of at least 4 members (excludes halogenated alkanes) is 23. The number of aliphatic carboxylic acids is 2. The largest absolute Gasteiger partial charge is 0.480 e. The Labute approximate surface area is 564 Å². The van der Waals surface area contributed by atoms with Crippen LogP contribution >= 0.6 is 7.82 Å². The van der Waals surface area contributed by atoms with Gasteiger partial charge in [-0.25, -0.2) is 4.57 Å². The van der Waals surface area contributed by atoms with Crippen molar-refractivity contribution in [3.63, 3.8) is 0 Å². The Hall–Kier alpha value is -6.01. The smallest absolute Gasteiger partial charge is 0.472 e. The number of esters is 2. The van der Waals surface area contributed by atoms with E-state index in [1.807, 2.05) is 0 Å². The maximum absolute atomic E-state index is 12.9. The van der Waals surface area contributed by atoms with E-state index in [4.69, 9.17) is 29.4 Å². The molecule has 2 atom stereocenters. The van der Waals surface area contributed by atoms with E-state index >= 15 is 0 Å². The number of phosphoric ester groups is 1. The number of carbonyl (C=O) groups excluding carboxylic acids is 10. The minimum atomic E-state index is -4.70. The van der Waals surface area contributed by atoms with Crippen LogP contribution in [0.15, 0.2) is 24.3 Å². The van der Waals surface area contributed by atoms with Gasteiger partial charge in [0.25, 0.3) is 0 Å². The minimum Gasteiger partial charge on any atom is -0.480 e. The van der Waals surface area contributed by atoms with Crippen molar-refractivity contribution < 1.29 is 95.7 Å². The number of carboxylic acids is 2. The number of nitrogens with zero attached hydrogens (tertiary/aromatic N) is 2. The molecule has 0 rings (SSSR count). The van der Waals surface area contributed by atoms with Gasteiger partial charge < -0.3 is 50.7 Å². The number of hydrogen-bond donors (Lipinski definition) is 6. The fraction of sp³-hybridized carbons (Fsp3) is 0.768. The van der Waals surface area contributed by atoms with Gasteiger partial charge in [-0.3, -0.25) is 66.6 Å². The van der Waals surface area contributed by atoms with Crippen LogP contribution < -0.4 is 16.4 Å². The summed E-state index contributed by atoms with van der Waals surface area (Å²) >= 11 is 0. The second-order valence-corrected chi connectivity index (χ2v) is 25.7. The monoisotopic (exact) mass is 1370 g/mol. The van der Waals surface area contributed by atoms with Gasteiger partial charge in [0.15, 0.2) is 23.5 Å². The zero-order valence-electron chi connectivity index (χ0n) is 57.4. The highest BCUT2D eigenvalue weighted by atomic mass is 31.2. The minimum absolute atomic E-state index is 0.0134. The number of Topliss-reactive ketones (excluding diaryl/α,β-unsaturated/α-hetero) is 4. The lowest BCUT2D eigenvalue weighted by Gasteiger charge is -2.20. The van der Waals surface area contributed by atoms with Crippen molar-refractivity contribution in [3.05, 3.63) is 24.3 Å². The Kier molecular flexibility index (Phi) is 56.6. The van der Waals surface area contributed by atoms with Crippen LogP contribution in [0.1, 0.15) is 271 Å². The number of amides is 4. The van der Waals surface area contributed by atoms with Gasteiger partial charge in [0.1, 0.15) is 32.0 Å². The third-order valence-corrected chi connectivity index (χ3v) is 16.3. The molecule has 0 aromatic rings. The molecule has 4 amide bonds. The number of phosphoric acid groups is 1. The number of rotatable bonds is 67. The van der Waals surface area contributed by atoms with E-state index in [0.717, 1.165) is 81.9 Å². The quantitative estimate of drug-likeness (QED) is 0.0143. The standard InChI is InChI=1S/C69H118N5O20P/c1-3-5-7-9-11-13-15-17-19-21-23-25-27-29-31-41-68(87)91-55-61(94-69(88)42-32-30-28-26-24-22-20-18-16-14-12-10-8-6-4-2)56-93-95(89,90)92-48-36-39-57(75)37-33-34-40-62(79)71-49-58(76)44-46-65(82)74(54-67(85)86)52-63(80)72-50-59(77)43-45-64(81)73(53-66(83)84)51-60(78)38-35-47-70/h17-20,61H,3-16,21-56,70H2,1-2H3,(H,71,79)(H,72,80)(H,83,84)(H,85,86)(H,89,90)/b19-17+,20-18+. The summed E-state index contributed by atoms with van der Waals surface area (Å²) in [5.41, 5.74) is 5.38. The molecule has 7 N–H and O–H groups in total. The molecule has 0 aliphatic heterocycles. The van der Waals surface area contributed by atoms with Gasteiger partial charge >= 0.3 is 31.7 Å². The van der Waals surface area contributed by atoms with Crippen LogP contribution in [0, 0.1) is 0 Å². The summed E-state index contributed by atoms with van der Waals surface area (Å²) in [4.78, 5) is 160. The van der Waals surface area contributed by atoms with Crippen LogP contribution in [0.2, 0.25) is 0 Å². The second-order valence-electron chi connectivity index (χ2n) is 24.3. The highest BCUT2D eigenvalue weighted by molar-refractivity contribution is 7.47. The van der Waals surface area contributed by atoms with E-state index in [-0.39, 0.29) is 76.9 Å². The summed E-state index contributed by atoms with van der Waals surface area (Å²) in [6, 6.07) is 0. The molecule has 0 bridgehead atoms. The predicted molar refractivity (Wildman–Crippen MR) is 360 cm³/mol. The van der Waals surface area contributed by atoms with Crippen LogP contribution in [0.25, 0.3) is 0 Å². The van der Waals surface area contributed by atoms with Crippen LogP contribution in [-0.2, 0) is 80.6 Å². The molecule has 0 aromatic carbocycles. The van der Waals surface area contributed by atoms with Crippen molar-refractivity contribution in [2.24, 2.45) is 5.73 Å². The van der Waals surface area contributed by atoms with E-state index in [0.29, 0.717) is 30.6 Å². The number of carbonyl (C=O) groups is 12. The Balaban J connectivity index is 4.85. The molecule has 544 valence electrons. The van der Waals surface area contributed by atoms with Gasteiger partial charge in [0, 0.05) is 64.2 Å². The topological polar surface area (TPSA) is 376 Å². The molecule has 0 aliphatic carbocycles. The Morgan fingerprint density at radius 2 is 0.832 bits per heavy atom. The molecule has 0 aliphatic rings. The highest BCUT2D eigenvalue weighted by Crippen LogP contribution is 2.43. The molecule has 2 unspecified atom stereocenters. The van der Waals surface area contributed by atoms with Crippen molar-refractivity contribution in [1.29, 1.82) is 0 Å². The summed E-state index contributed by atoms with van der Waals surface area (Å²) in [6.07, 6.45) is 36.3. The predicted octanol–water partition coefficient (Wildman–Crippen LogP) is 10.6. The molecular weight excluding hydrogens is 1250 g/mol. The molecule has 25 nitrogen and oxygen atoms in total. The first-order chi connectivity index (χ1) is 45.6.